The van der Waals surface area contributed by atoms with E-state index in [1.165, 1.54) is 12.2 Å². The zero-order valence-electron chi connectivity index (χ0n) is 21.0. The molecule has 6 nitrogen and oxygen atoms in total. The SMILES string of the molecule is COc1ccc(C(C(=O)NC(C)(C)C)N2C(=O)C(I)=C(c3ccccc3)C23C=CC(=O)C=C3)cc1C. The molecule has 36 heavy (non-hydrogen) atoms. The van der Waals surface area contributed by atoms with Crippen LogP contribution in [0.3, 0.4) is 0 Å². The predicted molar refractivity (Wildman–Crippen MR) is 149 cm³/mol. The highest BCUT2D eigenvalue weighted by Crippen LogP contribution is 2.51. The second-order valence-electron chi connectivity index (χ2n) is 10.00. The molecule has 0 bridgehead atoms. The number of hydrogen-bond donors (Lipinski definition) is 1. The highest BCUT2D eigenvalue weighted by molar-refractivity contribution is 14.1. The first-order valence-corrected chi connectivity index (χ1v) is 12.7. The van der Waals surface area contributed by atoms with Gasteiger partial charge in [0.25, 0.3) is 5.91 Å². The van der Waals surface area contributed by atoms with E-state index in [0.717, 1.165) is 16.7 Å². The third-order valence-corrected chi connectivity index (χ3v) is 7.23. The van der Waals surface area contributed by atoms with E-state index in [-0.39, 0.29) is 17.6 Å². The summed E-state index contributed by atoms with van der Waals surface area (Å²) in [7, 11) is 1.60. The number of benzene rings is 2. The second-order valence-corrected chi connectivity index (χ2v) is 11.1. The molecule has 2 aliphatic rings. The summed E-state index contributed by atoms with van der Waals surface area (Å²) in [5, 5.41) is 3.06. The molecule has 2 aromatic carbocycles. The Morgan fingerprint density at radius 1 is 1.06 bits per heavy atom. The summed E-state index contributed by atoms with van der Waals surface area (Å²) in [4.78, 5) is 41.8. The van der Waals surface area contributed by atoms with Gasteiger partial charge in [-0.05, 0) is 103 Å². The van der Waals surface area contributed by atoms with E-state index in [2.05, 4.69) is 27.9 Å². The average molecular weight is 596 g/mol. The molecule has 2 amide bonds. The Balaban J connectivity index is 1.96. The lowest BCUT2D eigenvalue weighted by molar-refractivity contribution is -0.139. The molecule has 1 unspecified atom stereocenters. The van der Waals surface area contributed by atoms with Gasteiger partial charge in [0, 0.05) is 11.1 Å². The molecular formula is C29H29IN2O4. The van der Waals surface area contributed by atoms with Crippen LogP contribution in [0.1, 0.15) is 43.5 Å². The Morgan fingerprint density at radius 3 is 2.25 bits per heavy atom. The van der Waals surface area contributed by atoms with Crippen molar-refractivity contribution in [3.05, 3.63) is 93.1 Å². The van der Waals surface area contributed by atoms with Crippen LogP contribution in [-0.2, 0) is 14.4 Å². The van der Waals surface area contributed by atoms with Gasteiger partial charge in [0.05, 0.1) is 10.7 Å². The number of nitrogens with one attached hydrogen (secondary N) is 1. The van der Waals surface area contributed by atoms with E-state index in [1.54, 1.807) is 24.2 Å². The van der Waals surface area contributed by atoms with Crippen molar-refractivity contribution >= 4 is 45.8 Å². The van der Waals surface area contributed by atoms with E-state index in [1.807, 2.05) is 76.2 Å². The van der Waals surface area contributed by atoms with E-state index in [9.17, 15) is 14.4 Å². The quantitative estimate of drug-likeness (QED) is 0.489. The number of carbonyl (C=O) groups excluding carboxylic acids is 3. The molecule has 0 saturated heterocycles. The van der Waals surface area contributed by atoms with Gasteiger partial charge in [-0.15, -0.1) is 0 Å². The van der Waals surface area contributed by atoms with Crippen molar-refractivity contribution in [2.45, 2.75) is 44.8 Å². The van der Waals surface area contributed by atoms with Gasteiger partial charge < -0.3 is 15.0 Å². The summed E-state index contributed by atoms with van der Waals surface area (Å²) >= 11 is 2.06. The van der Waals surface area contributed by atoms with Crippen LogP contribution in [0, 0.1) is 6.92 Å². The third kappa shape index (κ3) is 4.64. The smallest absolute Gasteiger partial charge is 0.262 e. The third-order valence-electron chi connectivity index (χ3n) is 6.23. The van der Waals surface area contributed by atoms with Gasteiger partial charge >= 0.3 is 0 Å². The minimum Gasteiger partial charge on any atom is -0.496 e. The number of aryl methyl sites for hydroxylation is 1. The Kier molecular flexibility index (Phi) is 6.96. The van der Waals surface area contributed by atoms with Crippen LogP contribution in [0.5, 0.6) is 5.75 Å². The van der Waals surface area contributed by atoms with Crippen molar-refractivity contribution < 1.29 is 19.1 Å². The van der Waals surface area contributed by atoms with Gasteiger partial charge in [0.2, 0.25) is 5.91 Å². The molecule has 0 radical (unpaired) electrons. The topological polar surface area (TPSA) is 75.7 Å². The fraction of sp³-hybridized carbons (Fsp3) is 0.276. The number of ether oxygens (including phenoxy) is 1. The molecule has 4 rings (SSSR count). The molecule has 1 N–H and O–H groups in total. The Hall–Kier alpha value is -3.20. The summed E-state index contributed by atoms with van der Waals surface area (Å²) in [6.45, 7) is 7.61. The molecule has 2 aromatic rings. The van der Waals surface area contributed by atoms with Crippen molar-refractivity contribution in [2.75, 3.05) is 7.11 Å². The van der Waals surface area contributed by atoms with Gasteiger partial charge in [0.15, 0.2) is 5.78 Å². The van der Waals surface area contributed by atoms with Gasteiger partial charge in [-0.3, -0.25) is 14.4 Å². The fourth-order valence-electron chi connectivity index (χ4n) is 4.75. The molecule has 0 saturated carbocycles. The summed E-state index contributed by atoms with van der Waals surface area (Å²) in [5.74, 6) is -0.0621. The largest absolute Gasteiger partial charge is 0.496 e. The maximum atomic E-state index is 14.0. The van der Waals surface area contributed by atoms with E-state index >= 15 is 0 Å². The minimum absolute atomic E-state index is 0.168. The van der Waals surface area contributed by atoms with Gasteiger partial charge in [-0.2, -0.15) is 0 Å². The van der Waals surface area contributed by atoms with Crippen LogP contribution in [0.4, 0.5) is 0 Å². The Bertz CT molecular complexity index is 1300. The van der Waals surface area contributed by atoms with Crippen molar-refractivity contribution in [3.63, 3.8) is 0 Å². The monoisotopic (exact) mass is 596 g/mol. The highest BCUT2D eigenvalue weighted by Gasteiger charge is 2.54. The minimum atomic E-state index is -1.11. The lowest BCUT2D eigenvalue weighted by atomic mass is 9.81. The first kappa shape index (κ1) is 25.9. The lowest BCUT2D eigenvalue weighted by Gasteiger charge is -2.42. The molecule has 7 heteroatoms. The average Bonchev–Trinajstić information content (AvgIpc) is 3.02. The fourth-order valence-corrected chi connectivity index (χ4v) is 5.76. The van der Waals surface area contributed by atoms with Crippen LogP contribution in [-0.4, -0.2) is 40.7 Å². The summed E-state index contributed by atoms with van der Waals surface area (Å²) < 4.78 is 5.93. The highest BCUT2D eigenvalue weighted by atomic mass is 127. The first-order valence-electron chi connectivity index (χ1n) is 11.7. The summed E-state index contributed by atoms with van der Waals surface area (Å²) in [6.07, 6.45) is 6.40. The molecule has 1 heterocycles. The van der Waals surface area contributed by atoms with Crippen LogP contribution >= 0.6 is 22.6 Å². The number of halogens is 1. The number of rotatable bonds is 5. The Morgan fingerprint density at radius 2 is 1.69 bits per heavy atom. The van der Waals surface area contributed by atoms with Gasteiger partial charge in [-0.25, -0.2) is 0 Å². The first-order chi connectivity index (χ1) is 17.0. The second kappa shape index (κ2) is 9.69. The number of nitrogens with zero attached hydrogens (tertiary/aromatic N) is 1. The van der Waals surface area contributed by atoms with Crippen molar-refractivity contribution in [1.29, 1.82) is 0 Å². The number of allylic oxidation sites excluding steroid dienone is 2. The maximum Gasteiger partial charge on any atom is 0.262 e. The molecule has 0 fully saturated rings. The van der Waals surface area contributed by atoms with Crippen molar-refractivity contribution in [2.24, 2.45) is 0 Å². The van der Waals surface area contributed by atoms with Crippen LogP contribution in [0.25, 0.3) is 5.57 Å². The number of amides is 2. The molecule has 1 aliphatic carbocycles. The molecular weight excluding hydrogens is 567 g/mol. The molecule has 1 spiro atoms. The van der Waals surface area contributed by atoms with Crippen LogP contribution < -0.4 is 10.1 Å². The van der Waals surface area contributed by atoms with Gasteiger partial charge in [-0.1, -0.05) is 36.4 Å². The van der Waals surface area contributed by atoms with E-state index in [4.69, 9.17) is 4.74 Å². The lowest BCUT2D eigenvalue weighted by Crippen LogP contribution is -2.54. The van der Waals surface area contributed by atoms with Crippen LogP contribution in [0.2, 0.25) is 0 Å². The number of hydrogen-bond acceptors (Lipinski definition) is 4. The predicted octanol–water partition coefficient (Wildman–Crippen LogP) is 5.08. The molecule has 0 aromatic heterocycles. The standard InChI is InChI=1S/C29H29IN2O4/c1-18-17-20(11-12-22(18)36-5)25(26(34)31-28(2,3)4)32-27(35)24(30)23(19-9-7-6-8-10-19)29(32)15-13-21(33)14-16-29/h6-17,25H,1-5H3,(H,31,34). The zero-order valence-corrected chi connectivity index (χ0v) is 23.1. The molecule has 186 valence electrons. The summed E-state index contributed by atoms with van der Waals surface area (Å²) in [6, 6.07) is 14.1. The zero-order chi connectivity index (χ0) is 26.3. The van der Waals surface area contributed by atoms with Gasteiger partial charge in [0.1, 0.15) is 17.3 Å². The van der Waals surface area contributed by atoms with Crippen molar-refractivity contribution in [1.82, 2.24) is 10.2 Å². The van der Waals surface area contributed by atoms with E-state index in [0.29, 0.717) is 14.9 Å². The Labute approximate surface area is 225 Å². The number of methoxy groups -OCH3 is 1. The van der Waals surface area contributed by atoms with E-state index < -0.39 is 17.1 Å². The number of ketones is 1. The van der Waals surface area contributed by atoms with Crippen LogP contribution in [0.15, 0.2) is 76.4 Å². The molecule has 1 aliphatic heterocycles. The normalized spacial score (nSPS) is 17.7. The number of carbonyl (C=O) groups is 3. The summed E-state index contributed by atoms with van der Waals surface area (Å²) in [5.41, 5.74) is 1.45. The molecule has 1 atom stereocenters. The van der Waals surface area contributed by atoms with Crippen molar-refractivity contribution in [3.8, 4) is 5.75 Å². The maximum absolute atomic E-state index is 14.0.